The molecule has 0 atom stereocenters. The number of halogens is 1. The van der Waals surface area contributed by atoms with Gasteiger partial charge in [-0.15, -0.1) is 0 Å². The van der Waals surface area contributed by atoms with E-state index in [1.807, 2.05) is 19.1 Å². The van der Waals surface area contributed by atoms with Crippen molar-refractivity contribution in [2.24, 2.45) is 0 Å². The fraction of sp³-hybridized carbons (Fsp3) is 0.364. The van der Waals surface area contributed by atoms with Crippen molar-refractivity contribution in [2.45, 2.75) is 13.5 Å². The van der Waals surface area contributed by atoms with E-state index in [4.69, 9.17) is 0 Å². The van der Waals surface area contributed by atoms with Gasteiger partial charge in [-0.2, -0.15) is 0 Å². The Morgan fingerprint density at radius 1 is 0.897 bits per heavy atom. The summed E-state index contributed by atoms with van der Waals surface area (Å²) in [5.41, 5.74) is 3.04. The molecule has 1 aliphatic rings. The Hall–Kier alpha value is -2.22. The molecule has 2 aromatic carbocycles. The van der Waals surface area contributed by atoms with Crippen LogP contribution in [0.15, 0.2) is 53.0 Å². The highest BCUT2D eigenvalue weighted by Gasteiger charge is 2.18. The zero-order valence-electron chi connectivity index (χ0n) is 16.7. The van der Waals surface area contributed by atoms with Crippen LogP contribution in [0.25, 0.3) is 0 Å². The van der Waals surface area contributed by atoms with Crippen molar-refractivity contribution in [3.05, 3.63) is 64.1 Å². The first-order chi connectivity index (χ1) is 14.0. The maximum atomic E-state index is 12.0. The van der Waals surface area contributed by atoms with E-state index in [0.717, 1.165) is 49.3 Å². The molecule has 1 heterocycles. The first-order valence-electron chi connectivity index (χ1n) is 9.84. The topological polar surface area (TPSA) is 64.7 Å². The van der Waals surface area contributed by atoms with Gasteiger partial charge in [-0.25, -0.2) is 0 Å². The number of aryl methyl sites for hydroxylation is 1. The van der Waals surface area contributed by atoms with Crippen LogP contribution < -0.4 is 10.6 Å². The average Bonchev–Trinajstić information content (AvgIpc) is 2.72. The van der Waals surface area contributed by atoms with E-state index in [2.05, 4.69) is 60.6 Å². The number of anilines is 1. The zero-order chi connectivity index (χ0) is 20.6. The summed E-state index contributed by atoms with van der Waals surface area (Å²) >= 11 is 3.47. The molecule has 154 valence electrons. The molecule has 1 fully saturated rings. The molecule has 0 radical (unpaired) electrons. The molecule has 0 spiro atoms. The number of benzene rings is 2. The van der Waals surface area contributed by atoms with Crippen molar-refractivity contribution in [1.82, 2.24) is 15.1 Å². The molecular formula is C22H27BrN4O2. The van der Waals surface area contributed by atoms with Crippen LogP contribution >= 0.6 is 15.9 Å². The van der Waals surface area contributed by atoms with Crippen molar-refractivity contribution in [3.63, 3.8) is 0 Å². The maximum absolute atomic E-state index is 12.0. The number of hydrogen-bond donors (Lipinski definition) is 2. The largest absolute Gasteiger partial charge is 0.347 e. The van der Waals surface area contributed by atoms with E-state index in [0.29, 0.717) is 12.2 Å². The molecule has 2 N–H and O–H groups in total. The molecule has 1 aliphatic heterocycles. The van der Waals surface area contributed by atoms with Gasteiger partial charge in [-0.1, -0.05) is 45.8 Å². The van der Waals surface area contributed by atoms with E-state index in [9.17, 15) is 9.59 Å². The number of carbonyl (C=O) groups excluding carboxylic acids is 2. The monoisotopic (exact) mass is 458 g/mol. The van der Waals surface area contributed by atoms with Gasteiger partial charge in [0, 0.05) is 56.0 Å². The fourth-order valence-electron chi connectivity index (χ4n) is 3.25. The summed E-state index contributed by atoms with van der Waals surface area (Å²) in [6, 6.07) is 15.8. The number of nitrogens with one attached hydrogen (secondary N) is 2. The second-order valence-electron chi connectivity index (χ2n) is 7.32. The predicted molar refractivity (Wildman–Crippen MR) is 119 cm³/mol. The molecule has 7 heteroatoms. The number of nitrogens with zero attached hydrogens (tertiary/aromatic N) is 2. The van der Waals surface area contributed by atoms with Crippen molar-refractivity contribution < 1.29 is 9.59 Å². The lowest BCUT2D eigenvalue weighted by atomic mass is 10.2. The Morgan fingerprint density at radius 3 is 2.17 bits per heavy atom. The van der Waals surface area contributed by atoms with Gasteiger partial charge in [0.25, 0.3) is 0 Å². The molecule has 0 saturated carbocycles. The summed E-state index contributed by atoms with van der Waals surface area (Å²) in [5.74, 6) is -1.23. The van der Waals surface area contributed by atoms with Gasteiger partial charge in [0.2, 0.25) is 0 Å². The lowest BCUT2D eigenvalue weighted by molar-refractivity contribution is -0.136. The Balaban J connectivity index is 1.32. The Labute approximate surface area is 180 Å². The maximum Gasteiger partial charge on any atom is 0.313 e. The van der Waals surface area contributed by atoms with Crippen LogP contribution in [0.2, 0.25) is 0 Å². The van der Waals surface area contributed by atoms with Gasteiger partial charge in [0.15, 0.2) is 0 Å². The van der Waals surface area contributed by atoms with E-state index in [1.54, 1.807) is 12.1 Å². The summed E-state index contributed by atoms with van der Waals surface area (Å²) in [6.07, 6.45) is 0. The summed E-state index contributed by atoms with van der Waals surface area (Å²) in [5, 5.41) is 5.32. The molecule has 2 amide bonds. The normalized spacial score (nSPS) is 15.1. The molecular weight excluding hydrogens is 432 g/mol. The molecule has 0 unspecified atom stereocenters. The predicted octanol–water partition coefficient (Wildman–Crippen LogP) is 2.63. The first kappa shape index (κ1) is 21.5. The molecule has 6 nitrogen and oxygen atoms in total. The minimum Gasteiger partial charge on any atom is -0.347 e. The quantitative estimate of drug-likeness (QED) is 0.653. The summed E-state index contributed by atoms with van der Waals surface area (Å²) < 4.78 is 1.10. The van der Waals surface area contributed by atoms with Gasteiger partial charge in [0.1, 0.15) is 0 Å². The number of rotatable bonds is 6. The second kappa shape index (κ2) is 10.5. The van der Waals surface area contributed by atoms with E-state index >= 15 is 0 Å². The van der Waals surface area contributed by atoms with E-state index in [1.165, 1.54) is 5.56 Å². The highest BCUT2D eigenvalue weighted by molar-refractivity contribution is 9.10. The zero-order valence-corrected chi connectivity index (χ0v) is 18.2. The van der Waals surface area contributed by atoms with Crippen LogP contribution in [0.5, 0.6) is 0 Å². The number of hydrogen-bond acceptors (Lipinski definition) is 4. The summed E-state index contributed by atoms with van der Waals surface area (Å²) in [6.45, 7) is 8.05. The van der Waals surface area contributed by atoms with Crippen molar-refractivity contribution in [3.8, 4) is 0 Å². The van der Waals surface area contributed by atoms with Crippen LogP contribution in [0.1, 0.15) is 11.1 Å². The smallest absolute Gasteiger partial charge is 0.313 e. The molecule has 2 aromatic rings. The van der Waals surface area contributed by atoms with Crippen molar-refractivity contribution in [1.29, 1.82) is 0 Å². The summed E-state index contributed by atoms with van der Waals surface area (Å²) in [4.78, 5) is 28.7. The molecule has 0 bridgehead atoms. The molecule has 1 saturated heterocycles. The fourth-order valence-corrected chi connectivity index (χ4v) is 3.52. The second-order valence-corrected chi connectivity index (χ2v) is 8.24. The van der Waals surface area contributed by atoms with Gasteiger partial charge < -0.3 is 10.6 Å². The van der Waals surface area contributed by atoms with Crippen LogP contribution in [0, 0.1) is 6.92 Å². The molecule has 3 rings (SSSR count). The van der Waals surface area contributed by atoms with E-state index in [-0.39, 0.29) is 0 Å². The molecule has 0 aliphatic carbocycles. The summed E-state index contributed by atoms with van der Waals surface area (Å²) in [7, 11) is 0. The third kappa shape index (κ3) is 6.96. The SMILES string of the molecule is Cc1ccc(NC(=O)C(=O)NCCN2CCN(Cc3ccc(Br)cc3)CC2)cc1. The number of amides is 2. The van der Waals surface area contributed by atoms with Crippen LogP contribution in [-0.2, 0) is 16.1 Å². The van der Waals surface area contributed by atoms with Crippen molar-refractivity contribution >= 4 is 33.4 Å². The van der Waals surface area contributed by atoms with Crippen LogP contribution in [-0.4, -0.2) is 60.9 Å². The minimum absolute atomic E-state index is 0.465. The number of carbonyl (C=O) groups is 2. The average molecular weight is 459 g/mol. The van der Waals surface area contributed by atoms with Gasteiger partial charge in [-0.3, -0.25) is 19.4 Å². The highest BCUT2D eigenvalue weighted by Crippen LogP contribution is 2.13. The molecule has 29 heavy (non-hydrogen) atoms. The lowest BCUT2D eigenvalue weighted by Gasteiger charge is -2.34. The van der Waals surface area contributed by atoms with Gasteiger partial charge in [-0.05, 0) is 36.8 Å². The first-order valence-corrected chi connectivity index (χ1v) is 10.6. The standard InChI is InChI=1S/C22H27BrN4O2/c1-17-2-8-20(9-3-17)25-22(29)21(28)24-10-11-26-12-14-27(15-13-26)16-18-4-6-19(23)7-5-18/h2-9H,10-16H2,1H3,(H,24,28)(H,25,29). The van der Waals surface area contributed by atoms with Crippen LogP contribution in [0.3, 0.4) is 0 Å². The molecule has 0 aromatic heterocycles. The third-order valence-corrected chi connectivity index (χ3v) is 5.54. The minimum atomic E-state index is -0.631. The van der Waals surface area contributed by atoms with Gasteiger partial charge in [0.05, 0.1) is 0 Å². The van der Waals surface area contributed by atoms with Crippen molar-refractivity contribution in [2.75, 3.05) is 44.6 Å². The van der Waals surface area contributed by atoms with Gasteiger partial charge >= 0.3 is 11.8 Å². The van der Waals surface area contributed by atoms with Crippen LogP contribution in [0.4, 0.5) is 5.69 Å². The Bertz CT molecular complexity index is 816. The lowest BCUT2D eigenvalue weighted by Crippen LogP contribution is -2.48. The highest BCUT2D eigenvalue weighted by atomic mass is 79.9. The van der Waals surface area contributed by atoms with E-state index < -0.39 is 11.8 Å². The Kier molecular flexibility index (Phi) is 7.80. The number of piperazine rings is 1. The Morgan fingerprint density at radius 2 is 1.52 bits per heavy atom. The third-order valence-electron chi connectivity index (χ3n) is 5.01.